The smallest absolute Gasteiger partial charge is 0.312 e. The molecule has 0 aliphatic heterocycles. The van der Waals surface area contributed by atoms with Crippen LogP contribution in [-0.4, -0.2) is 19.2 Å². The molecule has 0 aromatic heterocycles. The molecular weight excluding hydrogens is 182 g/mol. The Balaban J connectivity index is 2.28. The quantitative estimate of drug-likeness (QED) is 0.477. The summed E-state index contributed by atoms with van der Waals surface area (Å²) in [6, 6.07) is 6.52. The van der Waals surface area contributed by atoms with Gasteiger partial charge in [0.05, 0.1) is 6.54 Å². The highest BCUT2D eigenvalue weighted by atomic mass is 16.5. The van der Waals surface area contributed by atoms with Crippen molar-refractivity contribution in [1.82, 2.24) is 5.32 Å². The van der Waals surface area contributed by atoms with E-state index in [0.29, 0.717) is 24.6 Å². The topological polar surface area (TPSA) is 90.4 Å². The summed E-state index contributed by atoms with van der Waals surface area (Å²) in [5.74, 6) is 0.677. The molecule has 0 heterocycles. The number of hydrogen-bond acceptors (Lipinski definition) is 3. The van der Waals surface area contributed by atoms with Gasteiger partial charge in [-0.05, 0) is 12.1 Å². The van der Waals surface area contributed by atoms with Crippen LogP contribution < -0.4 is 21.5 Å². The van der Waals surface area contributed by atoms with E-state index in [1.165, 1.54) is 0 Å². The van der Waals surface area contributed by atoms with Gasteiger partial charge in [0.25, 0.3) is 0 Å². The minimum atomic E-state index is -0.554. The molecule has 0 aliphatic carbocycles. The Bertz CT molecular complexity index is 315. The number of primary amides is 1. The van der Waals surface area contributed by atoms with Crippen molar-refractivity contribution in [1.29, 1.82) is 0 Å². The maximum absolute atomic E-state index is 10.3. The second kappa shape index (κ2) is 4.96. The van der Waals surface area contributed by atoms with Crippen LogP contribution in [0.1, 0.15) is 0 Å². The molecule has 2 amide bonds. The number of rotatable bonds is 4. The van der Waals surface area contributed by atoms with Crippen LogP contribution in [0, 0.1) is 0 Å². The molecule has 1 rings (SSSR count). The van der Waals surface area contributed by atoms with E-state index in [2.05, 4.69) is 5.32 Å². The number of urea groups is 1. The predicted octanol–water partition coefficient (Wildman–Crippen LogP) is 0.316. The van der Waals surface area contributed by atoms with Crippen LogP contribution in [0.25, 0.3) is 0 Å². The molecule has 1 aromatic rings. The number of amides is 2. The van der Waals surface area contributed by atoms with Crippen LogP contribution in [0.3, 0.4) is 0 Å². The second-order valence-corrected chi connectivity index (χ2v) is 2.71. The van der Waals surface area contributed by atoms with Gasteiger partial charge in [0, 0.05) is 11.8 Å². The maximum atomic E-state index is 10.3. The van der Waals surface area contributed by atoms with Crippen molar-refractivity contribution in [3.05, 3.63) is 24.3 Å². The number of nitrogen functional groups attached to an aromatic ring is 1. The van der Waals surface area contributed by atoms with Gasteiger partial charge in [-0.15, -0.1) is 0 Å². The first-order valence-electron chi connectivity index (χ1n) is 4.20. The third-order valence-electron chi connectivity index (χ3n) is 1.53. The van der Waals surface area contributed by atoms with Crippen LogP contribution in [0.5, 0.6) is 5.75 Å². The number of benzene rings is 1. The van der Waals surface area contributed by atoms with Crippen LogP contribution >= 0.6 is 0 Å². The number of nitrogens with one attached hydrogen (secondary N) is 1. The fourth-order valence-corrected chi connectivity index (χ4v) is 0.947. The molecule has 1 aromatic carbocycles. The Kier molecular flexibility index (Phi) is 3.60. The molecular formula is C9H13N3O2. The summed E-state index contributed by atoms with van der Waals surface area (Å²) in [6.07, 6.45) is 0. The van der Waals surface area contributed by atoms with Gasteiger partial charge in [-0.25, -0.2) is 4.79 Å². The molecule has 0 unspecified atom stereocenters. The van der Waals surface area contributed by atoms with E-state index >= 15 is 0 Å². The van der Waals surface area contributed by atoms with E-state index in [4.69, 9.17) is 16.2 Å². The van der Waals surface area contributed by atoms with E-state index in [-0.39, 0.29) is 0 Å². The largest absolute Gasteiger partial charge is 0.492 e. The maximum Gasteiger partial charge on any atom is 0.312 e. The number of carbonyl (C=O) groups excluding carboxylic acids is 1. The number of hydrogen-bond donors (Lipinski definition) is 3. The molecule has 0 saturated carbocycles. The average Bonchev–Trinajstić information content (AvgIpc) is 2.12. The molecule has 0 aliphatic rings. The summed E-state index contributed by atoms with van der Waals surface area (Å²) in [6.45, 7) is 0.747. The Morgan fingerprint density at radius 1 is 1.50 bits per heavy atom. The Labute approximate surface area is 82.0 Å². The lowest BCUT2D eigenvalue weighted by molar-refractivity contribution is 0.244. The molecule has 5 nitrogen and oxygen atoms in total. The van der Waals surface area contributed by atoms with Gasteiger partial charge in [-0.2, -0.15) is 0 Å². The highest BCUT2D eigenvalue weighted by molar-refractivity contribution is 5.71. The lowest BCUT2D eigenvalue weighted by Gasteiger charge is -2.06. The number of anilines is 1. The SMILES string of the molecule is NC(=O)NCCOc1cccc(N)c1. The summed E-state index contributed by atoms with van der Waals surface area (Å²) in [4.78, 5) is 10.3. The van der Waals surface area contributed by atoms with Crippen molar-refractivity contribution in [2.45, 2.75) is 0 Å². The third-order valence-corrected chi connectivity index (χ3v) is 1.53. The first-order valence-corrected chi connectivity index (χ1v) is 4.20. The zero-order valence-electron chi connectivity index (χ0n) is 7.69. The van der Waals surface area contributed by atoms with E-state index in [0.717, 1.165) is 0 Å². The van der Waals surface area contributed by atoms with Crippen molar-refractivity contribution in [2.75, 3.05) is 18.9 Å². The summed E-state index contributed by atoms with van der Waals surface area (Å²) in [7, 11) is 0. The predicted molar refractivity (Wildman–Crippen MR) is 53.9 cm³/mol. The highest BCUT2D eigenvalue weighted by Crippen LogP contribution is 2.13. The van der Waals surface area contributed by atoms with Gasteiger partial charge in [-0.1, -0.05) is 6.07 Å². The molecule has 0 radical (unpaired) electrons. The Morgan fingerprint density at radius 3 is 2.93 bits per heavy atom. The monoisotopic (exact) mass is 195 g/mol. The van der Waals surface area contributed by atoms with E-state index < -0.39 is 6.03 Å². The normalized spacial score (nSPS) is 9.43. The summed E-state index contributed by atoms with van der Waals surface area (Å²) in [5.41, 5.74) is 11.1. The molecule has 0 saturated heterocycles. The van der Waals surface area contributed by atoms with Crippen LogP contribution in [-0.2, 0) is 0 Å². The molecule has 14 heavy (non-hydrogen) atoms. The molecule has 0 bridgehead atoms. The minimum absolute atomic E-state index is 0.367. The van der Waals surface area contributed by atoms with Crippen molar-refractivity contribution in [3.63, 3.8) is 0 Å². The zero-order valence-corrected chi connectivity index (χ0v) is 7.69. The Hall–Kier alpha value is -1.91. The van der Waals surface area contributed by atoms with Gasteiger partial charge in [0.2, 0.25) is 0 Å². The van der Waals surface area contributed by atoms with Crippen molar-refractivity contribution < 1.29 is 9.53 Å². The van der Waals surface area contributed by atoms with Gasteiger partial charge >= 0.3 is 6.03 Å². The lowest BCUT2D eigenvalue weighted by Crippen LogP contribution is -2.32. The summed E-state index contributed by atoms with van der Waals surface area (Å²) in [5, 5.41) is 2.41. The molecule has 5 N–H and O–H groups in total. The number of ether oxygens (including phenoxy) is 1. The average molecular weight is 195 g/mol. The van der Waals surface area contributed by atoms with Crippen LogP contribution in [0.2, 0.25) is 0 Å². The summed E-state index contributed by atoms with van der Waals surface area (Å²) >= 11 is 0. The van der Waals surface area contributed by atoms with Gasteiger partial charge in [-0.3, -0.25) is 0 Å². The second-order valence-electron chi connectivity index (χ2n) is 2.71. The van der Waals surface area contributed by atoms with Crippen LogP contribution in [0.4, 0.5) is 10.5 Å². The van der Waals surface area contributed by atoms with Crippen molar-refractivity contribution >= 4 is 11.7 Å². The molecule has 76 valence electrons. The zero-order chi connectivity index (χ0) is 10.4. The fraction of sp³-hybridized carbons (Fsp3) is 0.222. The van der Waals surface area contributed by atoms with Gasteiger partial charge in [0.1, 0.15) is 12.4 Å². The highest BCUT2D eigenvalue weighted by Gasteiger charge is 1.94. The van der Waals surface area contributed by atoms with E-state index in [1.54, 1.807) is 24.3 Å². The number of nitrogens with two attached hydrogens (primary N) is 2. The molecule has 0 spiro atoms. The minimum Gasteiger partial charge on any atom is -0.492 e. The number of carbonyl (C=O) groups is 1. The molecule has 0 fully saturated rings. The first kappa shape index (κ1) is 10.2. The molecule has 5 heteroatoms. The van der Waals surface area contributed by atoms with Crippen molar-refractivity contribution in [3.8, 4) is 5.75 Å². The lowest BCUT2D eigenvalue weighted by atomic mass is 10.3. The van der Waals surface area contributed by atoms with Gasteiger partial charge < -0.3 is 21.5 Å². The Morgan fingerprint density at radius 2 is 2.29 bits per heavy atom. The first-order chi connectivity index (χ1) is 6.68. The standard InChI is InChI=1S/C9H13N3O2/c10-7-2-1-3-8(6-7)14-5-4-12-9(11)13/h1-3,6H,4-5,10H2,(H3,11,12,13). The fourth-order valence-electron chi connectivity index (χ4n) is 0.947. The van der Waals surface area contributed by atoms with Gasteiger partial charge in [0.15, 0.2) is 0 Å². The van der Waals surface area contributed by atoms with Crippen LogP contribution in [0.15, 0.2) is 24.3 Å². The van der Waals surface area contributed by atoms with E-state index in [9.17, 15) is 4.79 Å². The molecule has 0 atom stereocenters. The third kappa shape index (κ3) is 3.66. The van der Waals surface area contributed by atoms with E-state index in [1.807, 2.05) is 0 Å². The summed E-state index contributed by atoms with van der Waals surface area (Å²) < 4.78 is 5.29. The van der Waals surface area contributed by atoms with Crippen molar-refractivity contribution in [2.24, 2.45) is 5.73 Å².